The molecule has 1 fully saturated rings. The van der Waals surface area contributed by atoms with Gasteiger partial charge in [0.05, 0.1) is 16.8 Å². The van der Waals surface area contributed by atoms with Crippen molar-refractivity contribution in [1.29, 1.82) is 0 Å². The molecule has 0 N–H and O–H groups in total. The van der Waals surface area contributed by atoms with E-state index in [9.17, 15) is 17.6 Å². The van der Waals surface area contributed by atoms with Crippen LogP contribution in [0.15, 0.2) is 18.2 Å². The van der Waals surface area contributed by atoms with Crippen LogP contribution in [0.3, 0.4) is 0 Å². The first-order chi connectivity index (χ1) is 9.44. The van der Waals surface area contributed by atoms with Crippen LogP contribution in [0.25, 0.3) is 0 Å². The highest BCUT2D eigenvalue weighted by atomic mass is 19.4. The van der Waals surface area contributed by atoms with E-state index in [4.69, 9.17) is 9.31 Å². The summed E-state index contributed by atoms with van der Waals surface area (Å²) in [7, 11) is -0.909. The van der Waals surface area contributed by atoms with Gasteiger partial charge in [0.15, 0.2) is 0 Å². The number of rotatable bonds is 2. The Hall–Kier alpha value is -1.08. The van der Waals surface area contributed by atoms with Crippen molar-refractivity contribution in [3.63, 3.8) is 0 Å². The molecule has 7 heteroatoms. The second-order valence-corrected chi connectivity index (χ2v) is 6.15. The van der Waals surface area contributed by atoms with E-state index in [1.807, 2.05) is 0 Å². The molecule has 21 heavy (non-hydrogen) atoms. The van der Waals surface area contributed by atoms with E-state index in [2.05, 4.69) is 0 Å². The zero-order valence-corrected chi connectivity index (χ0v) is 12.3. The minimum atomic E-state index is -4.61. The maximum atomic E-state index is 13.8. The standard InChI is InChI=1S/C14H17BF4O2/c1-12(2)13(3,4)21-15(20-12)8-9-10(14(17,18)19)6-5-7-11(9)16/h5-7H,8H2,1-4H3. The van der Waals surface area contributed by atoms with E-state index < -0.39 is 41.4 Å². The average Bonchev–Trinajstić information content (AvgIpc) is 2.48. The summed E-state index contributed by atoms with van der Waals surface area (Å²) in [4.78, 5) is 0. The molecular formula is C14H17BF4O2. The lowest BCUT2D eigenvalue weighted by Crippen LogP contribution is -2.41. The van der Waals surface area contributed by atoms with Gasteiger partial charge in [-0.15, -0.1) is 0 Å². The van der Waals surface area contributed by atoms with Crippen LogP contribution in [0.2, 0.25) is 0 Å². The Morgan fingerprint density at radius 1 is 1.05 bits per heavy atom. The number of hydrogen-bond donors (Lipinski definition) is 0. The van der Waals surface area contributed by atoms with Crippen molar-refractivity contribution in [1.82, 2.24) is 0 Å². The van der Waals surface area contributed by atoms with Gasteiger partial charge in [-0.3, -0.25) is 0 Å². The van der Waals surface area contributed by atoms with Crippen LogP contribution < -0.4 is 0 Å². The lowest BCUT2D eigenvalue weighted by molar-refractivity contribution is -0.138. The van der Waals surface area contributed by atoms with Crippen molar-refractivity contribution in [3.8, 4) is 0 Å². The van der Waals surface area contributed by atoms with Crippen LogP contribution in [-0.4, -0.2) is 18.3 Å². The normalized spacial score (nSPS) is 20.9. The van der Waals surface area contributed by atoms with Crippen molar-refractivity contribution >= 4 is 7.12 Å². The molecule has 116 valence electrons. The molecule has 2 nitrogen and oxygen atoms in total. The fraction of sp³-hybridized carbons (Fsp3) is 0.571. The Morgan fingerprint density at radius 2 is 1.57 bits per heavy atom. The largest absolute Gasteiger partial charge is 0.462 e. The Labute approximate surface area is 121 Å². The van der Waals surface area contributed by atoms with Crippen LogP contribution in [0.4, 0.5) is 17.6 Å². The lowest BCUT2D eigenvalue weighted by atomic mass is 9.79. The van der Waals surface area contributed by atoms with Crippen LogP contribution in [0.5, 0.6) is 0 Å². The van der Waals surface area contributed by atoms with Crippen LogP contribution in [0, 0.1) is 5.82 Å². The fourth-order valence-corrected chi connectivity index (χ4v) is 2.25. The summed E-state index contributed by atoms with van der Waals surface area (Å²) in [6, 6.07) is 2.92. The van der Waals surface area contributed by atoms with Gasteiger partial charge in [-0.2, -0.15) is 13.2 Å². The van der Waals surface area contributed by atoms with E-state index in [1.165, 1.54) is 0 Å². The summed E-state index contributed by atoms with van der Waals surface area (Å²) in [6.07, 6.45) is -4.89. The summed E-state index contributed by atoms with van der Waals surface area (Å²) in [5.41, 5.74) is -2.75. The van der Waals surface area contributed by atoms with Crippen molar-refractivity contribution in [2.24, 2.45) is 0 Å². The van der Waals surface area contributed by atoms with Gasteiger partial charge in [-0.25, -0.2) is 4.39 Å². The zero-order valence-electron chi connectivity index (χ0n) is 12.3. The molecule has 0 aliphatic carbocycles. The van der Waals surface area contributed by atoms with Crippen molar-refractivity contribution in [2.45, 2.75) is 51.4 Å². The smallest absolute Gasteiger partial charge is 0.403 e. The zero-order chi connectivity index (χ0) is 16.1. The minimum Gasteiger partial charge on any atom is -0.403 e. The molecule has 0 bridgehead atoms. The van der Waals surface area contributed by atoms with E-state index in [-0.39, 0.29) is 6.32 Å². The van der Waals surface area contributed by atoms with Crippen LogP contribution >= 0.6 is 0 Å². The van der Waals surface area contributed by atoms with Gasteiger partial charge in [0, 0.05) is 6.32 Å². The molecule has 0 saturated carbocycles. The van der Waals surface area contributed by atoms with Gasteiger partial charge in [-0.05, 0) is 45.4 Å². The molecule has 1 saturated heterocycles. The summed E-state index contributed by atoms with van der Waals surface area (Å²) < 4.78 is 64.0. The number of hydrogen-bond acceptors (Lipinski definition) is 2. The van der Waals surface area contributed by atoms with Gasteiger partial charge in [-0.1, -0.05) is 6.07 Å². The maximum Gasteiger partial charge on any atom is 0.462 e. The van der Waals surface area contributed by atoms with Crippen molar-refractivity contribution in [3.05, 3.63) is 35.1 Å². The molecule has 1 aromatic carbocycles. The van der Waals surface area contributed by atoms with E-state index in [0.29, 0.717) is 0 Å². The Morgan fingerprint density at radius 3 is 2.05 bits per heavy atom. The minimum absolute atomic E-state index is 0.283. The molecule has 1 aliphatic heterocycles. The summed E-state index contributed by atoms with van der Waals surface area (Å²) in [6.45, 7) is 7.16. The Kier molecular flexibility index (Phi) is 3.87. The first-order valence-corrected chi connectivity index (χ1v) is 6.64. The first-order valence-electron chi connectivity index (χ1n) is 6.64. The number of halogens is 4. The van der Waals surface area contributed by atoms with Gasteiger partial charge in [0.25, 0.3) is 0 Å². The monoisotopic (exact) mass is 304 g/mol. The summed E-state index contributed by atoms with van der Waals surface area (Å²) in [5.74, 6) is -0.903. The molecular weight excluding hydrogens is 287 g/mol. The van der Waals surface area contributed by atoms with Crippen molar-refractivity contribution < 1.29 is 26.9 Å². The number of alkyl halides is 3. The quantitative estimate of drug-likeness (QED) is 0.607. The molecule has 1 aromatic rings. The summed E-state index contributed by atoms with van der Waals surface area (Å²) in [5, 5.41) is 0. The summed E-state index contributed by atoms with van der Waals surface area (Å²) >= 11 is 0. The third-order valence-electron chi connectivity index (χ3n) is 4.10. The van der Waals surface area contributed by atoms with Gasteiger partial charge in [0.1, 0.15) is 5.82 Å². The topological polar surface area (TPSA) is 18.5 Å². The average molecular weight is 304 g/mol. The molecule has 0 spiro atoms. The lowest BCUT2D eigenvalue weighted by Gasteiger charge is -2.32. The predicted octanol–water partition coefficient (Wildman–Crippen LogP) is 4.02. The second-order valence-electron chi connectivity index (χ2n) is 6.15. The Bertz CT molecular complexity index is 524. The highest BCUT2D eigenvalue weighted by Gasteiger charge is 2.51. The molecule has 0 aromatic heterocycles. The highest BCUT2D eigenvalue weighted by molar-refractivity contribution is 6.45. The SMILES string of the molecule is CC1(C)OB(Cc2c(F)cccc2C(F)(F)F)OC1(C)C. The van der Waals surface area contributed by atoms with Gasteiger partial charge >= 0.3 is 13.3 Å². The molecule has 1 aliphatic rings. The molecule has 0 unspecified atom stereocenters. The number of benzene rings is 1. The molecule has 2 rings (SSSR count). The van der Waals surface area contributed by atoms with E-state index >= 15 is 0 Å². The third-order valence-corrected chi connectivity index (χ3v) is 4.10. The first kappa shape index (κ1) is 16.3. The maximum absolute atomic E-state index is 13.8. The van der Waals surface area contributed by atoms with Crippen LogP contribution in [0.1, 0.15) is 38.8 Å². The van der Waals surface area contributed by atoms with Crippen LogP contribution in [-0.2, 0) is 21.8 Å². The molecule has 0 radical (unpaired) electrons. The predicted molar refractivity (Wildman–Crippen MR) is 71.2 cm³/mol. The molecule has 0 atom stereocenters. The molecule has 1 heterocycles. The van der Waals surface area contributed by atoms with E-state index in [0.717, 1.165) is 18.2 Å². The van der Waals surface area contributed by atoms with Gasteiger partial charge in [0.2, 0.25) is 0 Å². The Balaban J connectivity index is 2.30. The van der Waals surface area contributed by atoms with E-state index in [1.54, 1.807) is 27.7 Å². The molecule has 0 amide bonds. The fourth-order valence-electron chi connectivity index (χ4n) is 2.25. The second kappa shape index (κ2) is 4.99. The highest BCUT2D eigenvalue weighted by Crippen LogP contribution is 2.39. The third kappa shape index (κ3) is 3.08. The van der Waals surface area contributed by atoms with Crippen molar-refractivity contribution in [2.75, 3.05) is 0 Å². The van der Waals surface area contributed by atoms with Gasteiger partial charge < -0.3 is 9.31 Å².